The first-order chi connectivity index (χ1) is 9.36. The molecule has 104 valence electrons. The molecule has 4 nitrogen and oxygen atoms in total. The summed E-state index contributed by atoms with van der Waals surface area (Å²) in [6.07, 6.45) is 0. The summed E-state index contributed by atoms with van der Waals surface area (Å²) < 4.78 is 13.9. The lowest BCUT2D eigenvalue weighted by Gasteiger charge is -2.09. The number of benzene rings is 1. The van der Waals surface area contributed by atoms with Crippen LogP contribution in [0.5, 0.6) is 0 Å². The summed E-state index contributed by atoms with van der Waals surface area (Å²) in [5.74, 6) is -0.984. The van der Waals surface area contributed by atoms with Crippen molar-refractivity contribution in [1.82, 2.24) is 9.97 Å². The quantitative estimate of drug-likeness (QED) is 0.845. The van der Waals surface area contributed by atoms with Crippen molar-refractivity contribution >= 4 is 18.2 Å². The largest absolute Gasteiger partial charge is 0.478 e. The van der Waals surface area contributed by atoms with Gasteiger partial charge in [0.2, 0.25) is 0 Å². The van der Waals surface area contributed by atoms with Gasteiger partial charge < -0.3 is 10.1 Å². The Balaban J connectivity index is 2.62. The van der Waals surface area contributed by atoms with E-state index in [9.17, 15) is 9.18 Å². The molecule has 1 heterocycles. The van der Waals surface area contributed by atoms with E-state index in [1.807, 2.05) is 13.8 Å². The maximum Gasteiger partial charge on any atom is 0.335 e. The van der Waals surface area contributed by atoms with Gasteiger partial charge in [0.1, 0.15) is 16.3 Å². The summed E-state index contributed by atoms with van der Waals surface area (Å²) in [5.41, 5.74) is 0.871. The molecule has 2 N–H and O–H groups in total. The predicted molar refractivity (Wildman–Crippen MR) is 75.9 cm³/mol. The third kappa shape index (κ3) is 3.08. The van der Waals surface area contributed by atoms with Gasteiger partial charge in [-0.2, -0.15) is 0 Å². The van der Waals surface area contributed by atoms with Crippen molar-refractivity contribution in [1.29, 1.82) is 0 Å². The second kappa shape index (κ2) is 5.50. The maximum atomic E-state index is 13.5. The number of hydrogen-bond acceptors (Lipinski definition) is 3. The van der Waals surface area contributed by atoms with Gasteiger partial charge in [-0.3, -0.25) is 0 Å². The number of nitrogens with one attached hydrogen (secondary N) is 1. The number of carboxylic acid groups (broad SMARTS) is 1. The molecule has 0 radical (unpaired) electrons. The molecule has 0 aliphatic heterocycles. The van der Waals surface area contributed by atoms with E-state index in [-0.39, 0.29) is 11.5 Å². The highest BCUT2D eigenvalue weighted by atomic mass is 32.1. The van der Waals surface area contributed by atoms with E-state index in [0.29, 0.717) is 21.7 Å². The molecule has 0 saturated heterocycles. The fourth-order valence-corrected chi connectivity index (χ4v) is 1.99. The SMILES string of the molecule is CC(C)c1nc(=S)cc(-c2cc(F)cc(C(=O)O)c2)[nH]1. The van der Waals surface area contributed by atoms with Gasteiger partial charge in [0.25, 0.3) is 0 Å². The summed E-state index contributed by atoms with van der Waals surface area (Å²) >= 11 is 5.08. The van der Waals surface area contributed by atoms with Crippen molar-refractivity contribution < 1.29 is 14.3 Å². The van der Waals surface area contributed by atoms with Crippen LogP contribution >= 0.6 is 12.2 Å². The third-order valence-corrected chi connectivity index (χ3v) is 2.97. The van der Waals surface area contributed by atoms with E-state index in [4.69, 9.17) is 17.3 Å². The van der Waals surface area contributed by atoms with Crippen LogP contribution in [-0.4, -0.2) is 21.0 Å². The van der Waals surface area contributed by atoms with E-state index in [1.54, 1.807) is 6.07 Å². The first-order valence-electron chi connectivity index (χ1n) is 6.02. The molecule has 0 bridgehead atoms. The van der Waals surface area contributed by atoms with Crippen molar-refractivity contribution in [2.75, 3.05) is 0 Å². The molecule has 0 aliphatic rings. The van der Waals surface area contributed by atoms with Crippen LogP contribution in [0.1, 0.15) is 35.9 Å². The highest BCUT2D eigenvalue weighted by Gasteiger charge is 2.10. The molecule has 1 aromatic heterocycles. The van der Waals surface area contributed by atoms with Crippen LogP contribution in [0.25, 0.3) is 11.3 Å². The molecular formula is C14H13FN2O2S. The zero-order valence-corrected chi connectivity index (χ0v) is 11.8. The number of rotatable bonds is 3. The molecule has 20 heavy (non-hydrogen) atoms. The molecule has 0 atom stereocenters. The minimum atomic E-state index is -1.18. The summed E-state index contributed by atoms with van der Waals surface area (Å²) in [5, 5.41) is 8.97. The fourth-order valence-electron chi connectivity index (χ4n) is 1.77. The van der Waals surface area contributed by atoms with Crippen LogP contribution in [0.2, 0.25) is 0 Å². The summed E-state index contributed by atoms with van der Waals surface area (Å²) in [7, 11) is 0. The summed E-state index contributed by atoms with van der Waals surface area (Å²) in [4.78, 5) is 18.2. The summed E-state index contributed by atoms with van der Waals surface area (Å²) in [6.45, 7) is 3.90. The highest BCUT2D eigenvalue weighted by molar-refractivity contribution is 7.71. The molecule has 6 heteroatoms. The highest BCUT2D eigenvalue weighted by Crippen LogP contribution is 2.22. The fraction of sp³-hybridized carbons (Fsp3) is 0.214. The first kappa shape index (κ1) is 14.3. The third-order valence-electron chi connectivity index (χ3n) is 2.76. The van der Waals surface area contributed by atoms with Crippen molar-refractivity contribution in [2.45, 2.75) is 19.8 Å². The van der Waals surface area contributed by atoms with Crippen molar-refractivity contribution in [3.8, 4) is 11.3 Å². The van der Waals surface area contributed by atoms with Gasteiger partial charge in [0.15, 0.2) is 0 Å². The molecule has 0 saturated carbocycles. The number of aromatic amines is 1. The average Bonchev–Trinajstić information content (AvgIpc) is 2.37. The molecular weight excluding hydrogens is 279 g/mol. The second-order valence-electron chi connectivity index (χ2n) is 4.71. The minimum absolute atomic E-state index is 0.109. The number of hydrogen-bond donors (Lipinski definition) is 2. The van der Waals surface area contributed by atoms with E-state index in [1.165, 1.54) is 12.1 Å². The topological polar surface area (TPSA) is 66.0 Å². The Kier molecular flexibility index (Phi) is 3.94. The lowest BCUT2D eigenvalue weighted by Crippen LogP contribution is -2.01. The van der Waals surface area contributed by atoms with Gasteiger partial charge in [0, 0.05) is 17.2 Å². The lowest BCUT2D eigenvalue weighted by molar-refractivity contribution is 0.0696. The van der Waals surface area contributed by atoms with Crippen LogP contribution in [0.15, 0.2) is 24.3 Å². The standard InChI is InChI=1S/C14H13FN2O2S/c1-7(2)13-16-11(6-12(20)17-13)8-3-9(14(18)19)5-10(15)4-8/h3-7H,1-2H3,(H,18,19)(H,16,17,20). The van der Waals surface area contributed by atoms with E-state index in [2.05, 4.69) is 9.97 Å². The number of halogens is 1. The second-order valence-corrected chi connectivity index (χ2v) is 5.13. The number of carbonyl (C=O) groups is 1. The number of aromatic nitrogens is 2. The maximum absolute atomic E-state index is 13.5. The monoisotopic (exact) mass is 292 g/mol. The Morgan fingerprint density at radius 1 is 1.35 bits per heavy atom. The number of H-pyrrole nitrogens is 1. The van der Waals surface area contributed by atoms with Crippen LogP contribution in [0.4, 0.5) is 4.39 Å². The van der Waals surface area contributed by atoms with Gasteiger partial charge in [-0.05, 0) is 24.3 Å². The Hall–Kier alpha value is -2.08. The van der Waals surface area contributed by atoms with E-state index in [0.717, 1.165) is 6.07 Å². The normalized spacial score (nSPS) is 10.8. The molecule has 0 unspecified atom stereocenters. The van der Waals surface area contributed by atoms with E-state index < -0.39 is 11.8 Å². The summed E-state index contributed by atoms with van der Waals surface area (Å²) in [6, 6.07) is 5.22. The smallest absolute Gasteiger partial charge is 0.335 e. The number of nitrogens with zero attached hydrogens (tertiary/aromatic N) is 1. The van der Waals surface area contributed by atoms with Gasteiger partial charge >= 0.3 is 5.97 Å². The first-order valence-corrected chi connectivity index (χ1v) is 6.43. The van der Waals surface area contributed by atoms with Crippen molar-refractivity contribution in [2.24, 2.45) is 0 Å². The van der Waals surface area contributed by atoms with Crippen LogP contribution in [0, 0.1) is 10.5 Å². The Labute approximate surface area is 120 Å². The predicted octanol–water partition coefficient (Wildman–Crippen LogP) is 3.77. The molecule has 0 spiro atoms. The molecule has 0 amide bonds. The molecule has 2 aromatic rings. The van der Waals surface area contributed by atoms with Gasteiger partial charge in [-0.15, -0.1) is 0 Å². The average molecular weight is 292 g/mol. The molecule has 0 aliphatic carbocycles. The zero-order valence-electron chi connectivity index (χ0n) is 11.0. The van der Waals surface area contributed by atoms with Gasteiger partial charge in [0.05, 0.1) is 5.56 Å². The lowest BCUT2D eigenvalue weighted by atomic mass is 10.1. The Morgan fingerprint density at radius 2 is 2.05 bits per heavy atom. The minimum Gasteiger partial charge on any atom is -0.478 e. The number of aromatic carboxylic acids is 1. The molecule has 0 fully saturated rings. The Morgan fingerprint density at radius 3 is 2.65 bits per heavy atom. The molecule has 1 aromatic carbocycles. The van der Waals surface area contributed by atoms with Gasteiger partial charge in [-0.25, -0.2) is 14.2 Å². The zero-order chi connectivity index (χ0) is 14.9. The van der Waals surface area contributed by atoms with Crippen molar-refractivity contribution in [3.63, 3.8) is 0 Å². The Bertz CT molecular complexity index is 725. The number of carboxylic acids is 1. The molecule has 2 rings (SSSR count). The van der Waals surface area contributed by atoms with Gasteiger partial charge in [-0.1, -0.05) is 26.1 Å². The van der Waals surface area contributed by atoms with Crippen LogP contribution < -0.4 is 0 Å². The van der Waals surface area contributed by atoms with Crippen molar-refractivity contribution in [3.05, 3.63) is 46.1 Å². The van der Waals surface area contributed by atoms with Crippen LogP contribution in [-0.2, 0) is 0 Å². The van der Waals surface area contributed by atoms with E-state index >= 15 is 0 Å². The van der Waals surface area contributed by atoms with Crippen LogP contribution in [0.3, 0.4) is 0 Å².